The Labute approximate surface area is 165 Å². The molecule has 1 heterocycles. The molecule has 0 radical (unpaired) electrons. The largest absolute Gasteiger partial charge is 0.497 e. The van der Waals surface area contributed by atoms with E-state index in [0.717, 1.165) is 84.5 Å². The third-order valence-electron chi connectivity index (χ3n) is 5.40. The predicted octanol–water partition coefficient (Wildman–Crippen LogP) is 4.62. The highest BCUT2D eigenvalue weighted by molar-refractivity contribution is 5.85. The molecule has 1 saturated carbocycles. The van der Waals surface area contributed by atoms with Crippen molar-refractivity contribution in [3.63, 3.8) is 0 Å². The lowest BCUT2D eigenvalue weighted by atomic mass is 9.95. The van der Waals surface area contributed by atoms with Crippen LogP contribution in [-0.4, -0.2) is 36.0 Å². The van der Waals surface area contributed by atoms with Gasteiger partial charge in [0.2, 0.25) is 6.41 Å². The summed E-state index contributed by atoms with van der Waals surface area (Å²) in [6.07, 6.45) is 5.77. The minimum atomic E-state index is 0.450. The fourth-order valence-corrected chi connectivity index (χ4v) is 3.70. The van der Waals surface area contributed by atoms with Gasteiger partial charge in [0.15, 0.2) is 11.5 Å². The van der Waals surface area contributed by atoms with Gasteiger partial charge in [-0.1, -0.05) is 25.1 Å². The normalized spacial score (nSPS) is 13.6. The number of fused-ring (bicyclic) bond motifs is 1. The van der Waals surface area contributed by atoms with Crippen molar-refractivity contribution in [1.29, 1.82) is 0 Å². The summed E-state index contributed by atoms with van der Waals surface area (Å²) in [5, 5.41) is 0. The highest BCUT2D eigenvalue weighted by Crippen LogP contribution is 2.33. The smallest absolute Gasteiger partial charge is 0.209 e. The summed E-state index contributed by atoms with van der Waals surface area (Å²) >= 11 is 0. The van der Waals surface area contributed by atoms with Crippen molar-refractivity contribution in [2.45, 2.75) is 45.1 Å². The van der Waals surface area contributed by atoms with Gasteiger partial charge < -0.3 is 14.1 Å². The number of rotatable bonds is 9. The average Bonchev–Trinajstić information content (AvgIpc) is 3.49. The number of amides is 1. The Hall–Kier alpha value is -2.82. The van der Waals surface area contributed by atoms with E-state index in [1.165, 1.54) is 0 Å². The van der Waals surface area contributed by atoms with Gasteiger partial charge in [-0.3, -0.25) is 4.79 Å². The summed E-state index contributed by atoms with van der Waals surface area (Å²) in [7, 11) is 1.67. The topological polar surface area (TPSA) is 55.6 Å². The van der Waals surface area contributed by atoms with Gasteiger partial charge in [0.05, 0.1) is 7.11 Å². The lowest BCUT2D eigenvalue weighted by Crippen LogP contribution is -2.25. The van der Waals surface area contributed by atoms with Crippen LogP contribution in [0.2, 0.25) is 0 Å². The van der Waals surface area contributed by atoms with Crippen LogP contribution in [0.15, 0.2) is 40.8 Å². The first kappa shape index (κ1) is 18.5. The van der Waals surface area contributed by atoms with Crippen LogP contribution < -0.4 is 4.74 Å². The van der Waals surface area contributed by atoms with E-state index in [-0.39, 0.29) is 0 Å². The van der Waals surface area contributed by atoms with Crippen molar-refractivity contribution in [3.05, 3.63) is 47.9 Å². The van der Waals surface area contributed by atoms with Crippen LogP contribution in [0.4, 0.5) is 0 Å². The number of methoxy groups -OCH3 is 1. The molecule has 1 aliphatic carbocycles. The van der Waals surface area contributed by atoms with E-state index in [9.17, 15) is 4.79 Å². The Bertz CT molecular complexity index is 958. The molecule has 1 aliphatic rings. The monoisotopic (exact) mass is 378 g/mol. The summed E-state index contributed by atoms with van der Waals surface area (Å²) in [6, 6.07) is 12.7. The fraction of sp³-hybridized carbons (Fsp3) is 0.391. The molecule has 0 aliphatic heterocycles. The van der Waals surface area contributed by atoms with E-state index in [1.807, 2.05) is 30.0 Å². The second-order valence-electron chi connectivity index (χ2n) is 7.31. The Morgan fingerprint density at radius 1 is 1.21 bits per heavy atom. The molecule has 28 heavy (non-hydrogen) atoms. The molecule has 0 unspecified atom stereocenters. The molecule has 0 N–H and O–H groups in total. The highest BCUT2D eigenvalue weighted by atomic mass is 16.5. The molecule has 0 spiro atoms. The number of aryl methyl sites for hydroxylation is 2. The van der Waals surface area contributed by atoms with Crippen LogP contribution in [0.25, 0.3) is 22.2 Å². The fourth-order valence-electron chi connectivity index (χ4n) is 3.70. The Morgan fingerprint density at radius 3 is 2.64 bits per heavy atom. The summed E-state index contributed by atoms with van der Waals surface area (Å²) < 4.78 is 11.4. The summed E-state index contributed by atoms with van der Waals surface area (Å²) in [4.78, 5) is 17.9. The van der Waals surface area contributed by atoms with Crippen molar-refractivity contribution in [1.82, 2.24) is 9.88 Å². The van der Waals surface area contributed by atoms with Crippen molar-refractivity contribution in [3.8, 4) is 16.9 Å². The first-order valence-electron chi connectivity index (χ1n) is 10.00. The van der Waals surface area contributed by atoms with Gasteiger partial charge in [-0.25, -0.2) is 4.98 Å². The number of oxazole rings is 1. The Kier molecular flexibility index (Phi) is 5.33. The molecule has 5 nitrogen and oxygen atoms in total. The molecule has 4 rings (SSSR count). The number of aromatic nitrogens is 1. The molecular formula is C23H26N2O3. The highest BCUT2D eigenvalue weighted by Gasteiger charge is 2.27. The predicted molar refractivity (Wildman–Crippen MR) is 109 cm³/mol. The molecule has 3 aromatic rings. The van der Waals surface area contributed by atoms with Gasteiger partial charge in [-0.15, -0.1) is 0 Å². The van der Waals surface area contributed by atoms with Crippen molar-refractivity contribution < 1.29 is 13.9 Å². The SMILES string of the molecule is CCc1nc2ccc(-c3ccc(OC)cc3)c(CCCN(C=O)C3CC3)c2o1. The second-order valence-corrected chi connectivity index (χ2v) is 7.31. The van der Waals surface area contributed by atoms with Crippen molar-refractivity contribution in [2.75, 3.05) is 13.7 Å². The zero-order valence-corrected chi connectivity index (χ0v) is 16.5. The van der Waals surface area contributed by atoms with Gasteiger partial charge in [-0.05, 0) is 55.0 Å². The average molecular weight is 378 g/mol. The number of nitrogens with zero attached hydrogens (tertiary/aromatic N) is 2. The molecule has 1 amide bonds. The molecule has 2 aromatic carbocycles. The van der Waals surface area contributed by atoms with Gasteiger partial charge in [0.25, 0.3) is 0 Å². The van der Waals surface area contributed by atoms with Crippen LogP contribution >= 0.6 is 0 Å². The van der Waals surface area contributed by atoms with E-state index in [1.54, 1.807) is 7.11 Å². The first-order valence-corrected chi connectivity index (χ1v) is 10.00. The number of hydrogen-bond donors (Lipinski definition) is 0. The molecule has 0 bridgehead atoms. The van der Waals surface area contributed by atoms with Gasteiger partial charge in [0.1, 0.15) is 11.3 Å². The quantitative estimate of drug-likeness (QED) is 0.510. The van der Waals surface area contributed by atoms with Crippen LogP contribution in [0.3, 0.4) is 0 Å². The summed E-state index contributed by atoms with van der Waals surface area (Å²) in [6.45, 7) is 2.83. The lowest BCUT2D eigenvalue weighted by molar-refractivity contribution is -0.118. The number of benzene rings is 2. The lowest BCUT2D eigenvalue weighted by Gasteiger charge is -2.17. The zero-order valence-electron chi connectivity index (χ0n) is 16.5. The maximum atomic E-state index is 11.3. The van der Waals surface area contributed by atoms with Crippen LogP contribution in [0.1, 0.15) is 37.6 Å². The van der Waals surface area contributed by atoms with E-state index in [2.05, 4.69) is 23.2 Å². The number of carbonyl (C=O) groups is 1. The Balaban J connectivity index is 1.66. The minimum absolute atomic E-state index is 0.450. The molecular weight excluding hydrogens is 352 g/mol. The molecule has 0 atom stereocenters. The number of ether oxygens (including phenoxy) is 1. The van der Waals surface area contributed by atoms with Crippen molar-refractivity contribution in [2.24, 2.45) is 0 Å². The zero-order chi connectivity index (χ0) is 19.5. The molecule has 1 fully saturated rings. The molecule has 5 heteroatoms. The minimum Gasteiger partial charge on any atom is -0.497 e. The summed E-state index contributed by atoms with van der Waals surface area (Å²) in [5.74, 6) is 1.60. The van der Waals surface area contributed by atoms with E-state index in [0.29, 0.717) is 6.04 Å². The molecule has 0 saturated heterocycles. The van der Waals surface area contributed by atoms with Crippen LogP contribution in [0.5, 0.6) is 5.75 Å². The number of hydrogen-bond acceptors (Lipinski definition) is 4. The van der Waals surface area contributed by atoms with Gasteiger partial charge in [-0.2, -0.15) is 0 Å². The van der Waals surface area contributed by atoms with Gasteiger partial charge in [0, 0.05) is 24.6 Å². The van der Waals surface area contributed by atoms with Crippen LogP contribution in [0, 0.1) is 0 Å². The van der Waals surface area contributed by atoms with E-state index >= 15 is 0 Å². The van der Waals surface area contributed by atoms with Gasteiger partial charge >= 0.3 is 0 Å². The maximum absolute atomic E-state index is 11.3. The van der Waals surface area contributed by atoms with Crippen LogP contribution in [-0.2, 0) is 17.6 Å². The van der Waals surface area contributed by atoms with E-state index < -0.39 is 0 Å². The third-order valence-corrected chi connectivity index (χ3v) is 5.40. The van der Waals surface area contributed by atoms with E-state index in [4.69, 9.17) is 9.15 Å². The Morgan fingerprint density at radius 2 is 2.00 bits per heavy atom. The maximum Gasteiger partial charge on any atom is 0.209 e. The first-order chi connectivity index (χ1) is 13.7. The number of carbonyl (C=O) groups excluding carboxylic acids is 1. The third kappa shape index (κ3) is 3.75. The second kappa shape index (κ2) is 8.05. The standard InChI is InChI=1S/C23H26N2O3/c1-3-22-24-21-13-12-19(16-6-10-18(27-2)11-7-16)20(23(21)28-22)5-4-14-25(15-26)17-8-9-17/h6-7,10-13,15,17H,3-5,8-9,14H2,1-2H3. The summed E-state index contributed by atoms with van der Waals surface area (Å²) in [5.41, 5.74) is 5.21. The molecule has 1 aromatic heterocycles. The molecule has 146 valence electrons. The van der Waals surface area contributed by atoms with Crippen molar-refractivity contribution >= 4 is 17.5 Å².